The summed E-state index contributed by atoms with van der Waals surface area (Å²) in [5, 5.41) is 15.0. The SMILES string of the molecule is C[NH+](C)Cc1c(O)ccc2c(=O)c(-c3cnn(-c4ccccc4)c3)coc12. The third kappa shape index (κ3) is 3.11. The van der Waals surface area contributed by atoms with Crippen molar-refractivity contribution >= 4 is 11.0 Å². The van der Waals surface area contributed by atoms with Gasteiger partial charge in [0.25, 0.3) is 0 Å². The number of nitrogens with one attached hydrogen (secondary N) is 1. The summed E-state index contributed by atoms with van der Waals surface area (Å²) in [6, 6.07) is 12.8. The summed E-state index contributed by atoms with van der Waals surface area (Å²) < 4.78 is 7.51. The van der Waals surface area contributed by atoms with Gasteiger partial charge in [0.1, 0.15) is 24.1 Å². The smallest absolute Gasteiger partial charge is 0.200 e. The maximum Gasteiger partial charge on any atom is 0.200 e. The van der Waals surface area contributed by atoms with Crippen molar-refractivity contribution in [3.63, 3.8) is 0 Å². The van der Waals surface area contributed by atoms with Crippen molar-refractivity contribution in [1.29, 1.82) is 0 Å². The molecule has 27 heavy (non-hydrogen) atoms. The van der Waals surface area contributed by atoms with Gasteiger partial charge in [0.05, 0.1) is 42.5 Å². The second-order valence-electron chi connectivity index (χ2n) is 6.81. The maximum atomic E-state index is 13.0. The summed E-state index contributed by atoms with van der Waals surface area (Å²) in [4.78, 5) is 14.2. The third-order valence-electron chi connectivity index (χ3n) is 4.46. The molecule has 0 spiro atoms. The van der Waals surface area contributed by atoms with Crippen LogP contribution in [0, 0.1) is 0 Å². The summed E-state index contributed by atoms with van der Waals surface area (Å²) >= 11 is 0. The van der Waals surface area contributed by atoms with Crippen LogP contribution in [0.3, 0.4) is 0 Å². The van der Waals surface area contributed by atoms with E-state index >= 15 is 0 Å². The largest absolute Gasteiger partial charge is 0.507 e. The van der Waals surface area contributed by atoms with Crippen LogP contribution in [0.25, 0.3) is 27.8 Å². The van der Waals surface area contributed by atoms with Gasteiger partial charge in [-0.3, -0.25) is 4.79 Å². The van der Waals surface area contributed by atoms with E-state index in [9.17, 15) is 9.90 Å². The van der Waals surface area contributed by atoms with Gasteiger partial charge in [-0.05, 0) is 24.3 Å². The van der Waals surface area contributed by atoms with Crippen molar-refractivity contribution in [2.24, 2.45) is 0 Å². The minimum absolute atomic E-state index is 0.136. The van der Waals surface area contributed by atoms with E-state index < -0.39 is 0 Å². The molecular weight excluding hydrogens is 342 g/mol. The van der Waals surface area contributed by atoms with Crippen LogP contribution >= 0.6 is 0 Å². The number of quaternary nitrogens is 1. The van der Waals surface area contributed by atoms with Crippen LogP contribution in [-0.4, -0.2) is 29.0 Å². The molecule has 0 radical (unpaired) electrons. The number of rotatable bonds is 4. The van der Waals surface area contributed by atoms with Crippen molar-refractivity contribution in [2.45, 2.75) is 6.54 Å². The van der Waals surface area contributed by atoms with Gasteiger partial charge in [-0.1, -0.05) is 18.2 Å². The zero-order chi connectivity index (χ0) is 19.0. The molecule has 0 atom stereocenters. The molecule has 0 aliphatic carbocycles. The molecule has 6 heteroatoms. The van der Waals surface area contributed by atoms with Gasteiger partial charge < -0.3 is 14.4 Å². The molecule has 2 heterocycles. The number of para-hydroxylation sites is 1. The van der Waals surface area contributed by atoms with E-state index in [0.717, 1.165) is 10.6 Å². The fourth-order valence-corrected chi connectivity index (χ4v) is 3.15. The summed E-state index contributed by atoms with van der Waals surface area (Å²) in [5.74, 6) is 0.136. The molecule has 4 aromatic rings. The summed E-state index contributed by atoms with van der Waals surface area (Å²) in [6.07, 6.45) is 4.90. The van der Waals surface area contributed by atoms with E-state index in [4.69, 9.17) is 4.42 Å². The number of phenolic OH excluding ortho intramolecular Hbond substituents is 1. The van der Waals surface area contributed by atoms with Gasteiger partial charge in [0, 0.05) is 11.8 Å². The Balaban J connectivity index is 1.83. The summed E-state index contributed by atoms with van der Waals surface area (Å²) in [7, 11) is 3.95. The molecule has 0 fully saturated rings. The first-order chi connectivity index (χ1) is 13.0. The minimum atomic E-state index is -0.140. The topological polar surface area (TPSA) is 72.7 Å². The molecule has 0 amide bonds. The highest BCUT2D eigenvalue weighted by molar-refractivity contribution is 5.85. The van der Waals surface area contributed by atoms with Gasteiger partial charge in [0.15, 0.2) is 0 Å². The van der Waals surface area contributed by atoms with Gasteiger partial charge >= 0.3 is 0 Å². The lowest BCUT2D eigenvalue weighted by Gasteiger charge is -2.11. The Morgan fingerprint density at radius 2 is 1.93 bits per heavy atom. The minimum Gasteiger partial charge on any atom is -0.507 e. The van der Waals surface area contributed by atoms with Crippen LogP contribution in [0.5, 0.6) is 5.75 Å². The lowest BCUT2D eigenvalue weighted by molar-refractivity contribution is -0.872. The molecule has 2 N–H and O–H groups in total. The standard InChI is InChI=1S/C21H19N3O3/c1-23(2)12-17-19(25)9-8-16-20(26)18(13-27-21(16)17)14-10-22-24(11-14)15-6-4-3-5-7-15/h3-11,13,25H,12H2,1-2H3/p+1. The second kappa shape index (κ2) is 6.74. The van der Waals surface area contributed by atoms with E-state index in [0.29, 0.717) is 34.2 Å². The number of hydrogen-bond acceptors (Lipinski definition) is 4. The van der Waals surface area contributed by atoms with Crippen LogP contribution in [0.1, 0.15) is 5.56 Å². The Kier molecular flexibility index (Phi) is 4.25. The lowest BCUT2D eigenvalue weighted by atomic mass is 10.1. The van der Waals surface area contributed by atoms with Crippen molar-refractivity contribution in [2.75, 3.05) is 14.1 Å². The van der Waals surface area contributed by atoms with Crippen LogP contribution in [-0.2, 0) is 6.54 Å². The van der Waals surface area contributed by atoms with E-state index in [1.807, 2.05) is 44.4 Å². The average molecular weight is 362 g/mol. The molecular formula is C21H20N3O3+. The predicted molar refractivity (Wildman–Crippen MR) is 103 cm³/mol. The van der Waals surface area contributed by atoms with Crippen LogP contribution in [0.2, 0.25) is 0 Å². The average Bonchev–Trinajstić information content (AvgIpc) is 3.15. The highest BCUT2D eigenvalue weighted by Gasteiger charge is 2.17. The van der Waals surface area contributed by atoms with E-state index in [2.05, 4.69) is 5.10 Å². The number of fused-ring (bicyclic) bond motifs is 1. The highest BCUT2D eigenvalue weighted by Crippen LogP contribution is 2.27. The first-order valence-electron chi connectivity index (χ1n) is 8.70. The quantitative estimate of drug-likeness (QED) is 0.582. The number of nitrogens with zero attached hydrogens (tertiary/aromatic N) is 2. The maximum absolute atomic E-state index is 13.0. The second-order valence-corrected chi connectivity index (χ2v) is 6.81. The molecule has 0 saturated heterocycles. The molecule has 0 saturated carbocycles. The molecule has 4 rings (SSSR count). The van der Waals surface area contributed by atoms with E-state index in [-0.39, 0.29) is 11.2 Å². The first-order valence-corrected chi connectivity index (χ1v) is 8.70. The zero-order valence-electron chi connectivity index (χ0n) is 15.1. The van der Waals surface area contributed by atoms with Crippen molar-refractivity contribution in [1.82, 2.24) is 9.78 Å². The normalized spacial score (nSPS) is 11.4. The zero-order valence-corrected chi connectivity index (χ0v) is 15.1. The Hall–Kier alpha value is -3.38. The van der Waals surface area contributed by atoms with Crippen molar-refractivity contribution in [3.8, 4) is 22.6 Å². The molecule has 2 aromatic carbocycles. The van der Waals surface area contributed by atoms with Gasteiger partial charge in [-0.25, -0.2) is 4.68 Å². The molecule has 6 nitrogen and oxygen atoms in total. The van der Waals surface area contributed by atoms with Crippen LogP contribution < -0.4 is 10.3 Å². The van der Waals surface area contributed by atoms with Crippen LogP contribution in [0.4, 0.5) is 0 Å². The van der Waals surface area contributed by atoms with Crippen molar-refractivity contribution < 1.29 is 14.4 Å². The van der Waals surface area contributed by atoms with Gasteiger partial charge in [-0.15, -0.1) is 0 Å². The monoisotopic (exact) mass is 362 g/mol. The van der Waals surface area contributed by atoms with Gasteiger partial charge in [0.2, 0.25) is 5.43 Å². The first kappa shape index (κ1) is 17.1. The molecule has 0 aliphatic rings. The third-order valence-corrected chi connectivity index (χ3v) is 4.46. The van der Waals surface area contributed by atoms with Crippen molar-refractivity contribution in [3.05, 3.63) is 76.9 Å². The van der Waals surface area contributed by atoms with E-state index in [1.165, 1.54) is 6.26 Å². The number of hydrogen-bond donors (Lipinski definition) is 2. The Morgan fingerprint density at radius 1 is 1.15 bits per heavy atom. The summed E-state index contributed by atoms with van der Waals surface area (Å²) in [5.41, 5.74) is 2.96. The Labute approximate surface area is 155 Å². The Morgan fingerprint density at radius 3 is 2.67 bits per heavy atom. The number of aromatic hydroxyl groups is 1. The number of benzene rings is 2. The molecule has 0 aliphatic heterocycles. The fourth-order valence-electron chi connectivity index (χ4n) is 3.15. The molecule has 2 aromatic heterocycles. The predicted octanol–water partition coefficient (Wildman–Crippen LogP) is 2.00. The Bertz CT molecular complexity index is 1160. The van der Waals surface area contributed by atoms with Crippen LogP contribution in [0.15, 0.2) is 70.3 Å². The van der Waals surface area contributed by atoms with E-state index in [1.54, 1.807) is 29.2 Å². The summed E-state index contributed by atoms with van der Waals surface area (Å²) in [6.45, 7) is 0.553. The molecule has 0 bridgehead atoms. The van der Waals surface area contributed by atoms with Gasteiger partial charge in [-0.2, -0.15) is 5.10 Å². The lowest BCUT2D eigenvalue weighted by Crippen LogP contribution is -3.04. The highest BCUT2D eigenvalue weighted by atomic mass is 16.3. The number of phenols is 1. The number of aromatic nitrogens is 2. The molecule has 0 unspecified atom stereocenters. The molecule has 136 valence electrons. The fraction of sp³-hybridized carbons (Fsp3) is 0.143.